The summed E-state index contributed by atoms with van der Waals surface area (Å²) >= 11 is 0. The van der Waals surface area contributed by atoms with Crippen molar-refractivity contribution in [2.24, 2.45) is 0 Å². The number of anilines is 2. The number of aromatic nitrogens is 2. The van der Waals surface area contributed by atoms with Gasteiger partial charge in [-0.15, -0.1) is 0 Å². The second kappa shape index (κ2) is 8.19. The van der Waals surface area contributed by atoms with Gasteiger partial charge in [0, 0.05) is 24.6 Å². The lowest BCUT2D eigenvalue weighted by atomic mass is 10.1. The van der Waals surface area contributed by atoms with E-state index in [1.807, 2.05) is 12.1 Å². The molecule has 0 aliphatic rings. The Kier molecular flexibility index (Phi) is 6.00. The van der Waals surface area contributed by atoms with Crippen LogP contribution in [0.1, 0.15) is 17.5 Å². The minimum atomic E-state index is -0.445. The van der Waals surface area contributed by atoms with E-state index in [2.05, 4.69) is 9.97 Å². The molecule has 0 radical (unpaired) electrons. The van der Waals surface area contributed by atoms with Crippen LogP contribution in [0, 0.1) is 0 Å². The van der Waals surface area contributed by atoms with E-state index < -0.39 is 6.67 Å². The molecule has 0 fully saturated rings. The lowest BCUT2D eigenvalue weighted by molar-refractivity contribution is 0.258. The molecule has 0 bridgehead atoms. The number of nitrogens with two attached hydrogens (primary N) is 2. The molecular weight excluding hydrogens is 315 g/mol. The molecule has 0 aliphatic heterocycles. The molecule has 130 valence electrons. The molecule has 0 atom stereocenters. The van der Waals surface area contributed by atoms with Gasteiger partial charge >= 0.3 is 0 Å². The van der Waals surface area contributed by atoms with Crippen LogP contribution in [0.15, 0.2) is 18.3 Å². The topological polar surface area (TPSA) is 106 Å². The molecule has 2 aromatic rings. The maximum Gasteiger partial charge on any atom is 0.221 e. The number of benzene rings is 1. The largest absolute Gasteiger partial charge is 0.493 e. The van der Waals surface area contributed by atoms with Crippen molar-refractivity contribution < 1.29 is 18.6 Å². The fraction of sp³-hybridized carbons (Fsp3) is 0.375. The maximum absolute atomic E-state index is 12.3. The third kappa shape index (κ3) is 4.15. The number of hydrogen-bond acceptors (Lipinski definition) is 7. The smallest absolute Gasteiger partial charge is 0.221 e. The van der Waals surface area contributed by atoms with Crippen molar-refractivity contribution in [1.29, 1.82) is 0 Å². The summed E-state index contributed by atoms with van der Waals surface area (Å²) in [4.78, 5) is 7.90. The monoisotopic (exact) mass is 336 g/mol. The first-order valence-corrected chi connectivity index (χ1v) is 7.39. The summed E-state index contributed by atoms with van der Waals surface area (Å²) in [6.07, 6.45) is 2.36. The standard InChI is InChI=1S/C16H21FN4O3/c1-22-12-7-10(6-11-9-20-16(19)21-15(11)18)8-13(23-2)14(12)24-5-3-4-17/h7-9H,3-6H2,1-2H3,(H4,18,19,20,21). The van der Waals surface area contributed by atoms with Crippen LogP contribution in [-0.2, 0) is 6.42 Å². The number of nitrogens with zero attached hydrogens (tertiary/aromatic N) is 2. The Morgan fingerprint density at radius 1 is 1.12 bits per heavy atom. The van der Waals surface area contributed by atoms with Crippen molar-refractivity contribution in [3.63, 3.8) is 0 Å². The van der Waals surface area contributed by atoms with Gasteiger partial charge in [-0.2, -0.15) is 4.98 Å². The average Bonchev–Trinajstić information content (AvgIpc) is 2.58. The van der Waals surface area contributed by atoms with Gasteiger partial charge in [-0.05, 0) is 17.7 Å². The van der Waals surface area contributed by atoms with Gasteiger partial charge in [0.15, 0.2) is 11.5 Å². The molecule has 1 heterocycles. The molecule has 4 N–H and O–H groups in total. The van der Waals surface area contributed by atoms with E-state index in [1.54, 1.807) is 6.20 Å². The summed E-state index contributed by atoms with van der Waals surface area (Å²) in [5, 5.41) is 0. The first-order chi connectivity index (χ1) is 11.6. The van der Waals surface area contributed by atoms with Crippen LogP contribution in [0.4, 0.5) is 16.2 Å². The van der Waals surface area contributed by atoms with Crippen molar-refractivity contribution in [3.05, 3.63) is 29.5 Å². The fourth-order valence-corrected chi connectivity index (χ4v) is 2.20. The van der Waals surface area contributed by atoms with Gasteiger partial charge in [0.05, 0.1) is 27.5 Å². The maximum atomic E-state index is 12.3. The Bertz CT molecular complexity index is 672. The molecule has 24 heavy (non-hydrogen) atoms. The molecule has 0 saturated carbocycles. The van der Waals surface area contributed by atoms with E-state index in [0.29, 0.717) is 35.9 Å². The second-order valence-electron chi connectivity index (χ2n) is 5.04. The molecule has 0 amide bonds. The Balaban J connectivity index is 2.30. The first-order valence-electron chi connectivity index (χ1n) is 7.39. The van der Waals surface area contributed by atoms with Gasteiger partial charge in [-0.1, -0.05) is 0 Å². The number of alkyl halides is 1. The molecule has 0 unspecified atom stereocenters. The van der Waals surface area contributed by atoms with Crippen LogP contribution >= 0.6 is 0 Å². The lowest BCUT2D eigenvalue weighted by Gasteiger charge is -2.16. The Morgan fingerprint density at radius 3 is 2.33 bits per heavy atom. The quantitative estimate of drug-likeness (QED) is 0.710. The van der Waals surface area contributed by atoms with Crippen molar-refractivity contribution in [2.45, 2.75) is 12.8 Å². The van der Waals surface area contributed by atoms with Crippen molar-refractivity contribution in [1.82, 2.24) is 9.97 Å². The Morgan fingerprint density at radius 2 is 1.79 bits per heavy atom. The zero-order chi connectivity index (χ0) is 17.5. The minimum Gasteiger partial charge on any atom is -0.493 e. The summed E-state index contributed by atoms with van der Waals surface area (Å²) in [5.74, 6) is 1.89. The molecule has 8 heteroatoms. The molecular formula is C16H21FN4O3. The van der Waals surface area contributed by atoms with E-state index in [4.69, 9.17) is 25.7 Å². The van der Waals surface area contributed by atoms with Crippen molar-refractivity contribution >= 4 is 11.8 Å². The predicted octanol–water partition coefficient (Wildman–Crippen LogP) is 1.99. The number of nitrogen functional groups attached to an aromatic ring is 2. The number of ether oxygens (including phenoxy) is 3. The van der Waals surface area contributed by atoms with Crippen LogP contribution < -0.4 is 25.7 Å². The van der Waals surface area contributed by atoms with Gasteiger partial charge in [0.25, 0.3) is 0 Å². The molecule has 0 spiro atoms. The number of rotatable bonds is 8. The van der Waals surface area contributed by atoms with Gasteiger partial charge in [-0.25, -0.2) is 4.98 Å². The van der Waals surface area contributed by atoms with Crippen LogP contribution in [0.3, 0.4) is 0 Å². The van der Waals surface area contributed by atoms with Crippen molar-refractivity contribution in [3.8, 4) is 17.2 Å². The average molecular weight is 336 g/mol. The molecule has 0 aliphatic carbocycles. The van der Waals surface area contributed by atoms with Crippen LogP contribution in [0.2, 0.25) is 0 Å². The highest BCUT2D eigenvalue weighted by molar-refractivity contribution is 5.55. The van der Waals surface area contributed by atoms with Crippen LogP contribution in [0.5, 0.6) is 17.2 Å². The summed E-state index contributed by atoms with van der Waals surface area (Å²) in [6.45, 7) is -0.208. The SMILES string of the molecule is COc1cc(Cc2cnc(N)nc2N)cc(OC)c1OCCCF. The lowest BCUT2D eigenvalue weighted by Crippen LogP contribution is -2.05. The van der Waals surface area contributed by atoms with E-state index >= 15 is 0 Å². The summed E-state index contributed by atoms with van der Waals surface area (Å²) in [5.41, 5.74) is 13.0. The Hall–Kier alpha value is -2.77. The highest BCUT2D eigenvalue weighted by Crippen LogP contribution is 2.39. The predicted molar refractivity (Wildman–Crippen MR) is 89.3 cm³/mol. The number of hydrogen-bond donors (Lipinski definition) is 2. The van der Waals surface area contributed by atoms with Crippen LogP contribution in [-0.4, -0.2) is 37.5 Å². The highest BCUT2D eigenvalue weighted by Gasteiger charge is 2.15. The van der Waals surface area contributed by atoms with Crippen LogP contribution in [0.25, 0.3) is 0 Å². The minimum absolute atomic E-state index is 0.128. The molecule has 1 aromatic carbocycles. The second-order valence-corrected chi connectivity index (χ2v) is 5.04. The zero-order valence-corrected chi connectivity index (χ0v) is 13.7. The van der Waals surface area contributed by atoms with E-state index in [1.165, 1.54) is 14.2 Å². The van der Waals surface area contributed by atoms with Gasteiger partial charge in [-0.3, -0.25) is 4.39 Å². The van der Waals surface area contributed by atoms with E-state index in [0.717, 1.165) is 11.1 Å². The summed E-state index contributed by atoms with van der Waals surface area (Å²) in [6, 6.07) is 3.62. The summed E-state index contributed by atoms with van der Waals surface area (Å²) < 4.78 is 28.6. The van der Waals surface area contributed by atoms with Crippen molar-refractivity contribution in [2.75, 3.05) is 39.0 Å². The first kappa shape index (κ1) is 17.6. The molecule has 1 aromatic heterocycles. The zero-order valence-electron chi connectivity index (χ0n) is 13.7. The summed E-state index contributed by atoms with van der Waals surface area (Å²) in [7, 11) is 3.06. The molecule has 7 nitrogen and oxygen atoms in total. The third-order valence-corrected chi connectivity index (χ3v) is 3.36. The number of methoxy groups -OCH3 is 2. The molecule has 2 rings (SSSR count). The van der Waals surface area contributed by atoms with Gasteiger partial charge < -0.3 is 25.7 Å². The van der Waals surface area contributed by atoms with Gasteiger partial charge in [0.1, 0.15) is 5.82 Å². The fourth-order valence-electron chi connectivity index (χ4n) is 2.20. The van der Waals surface area contributed by atoms with E-state index in [9.17, 15) is 4.39 Å². The normalized spacial score (nSPS) is 10.5. The van der Waals surface area contributed by atoms with E-state index in [-0.39, 0.29) is 12.6 Å². The number of halogens is 1. The third-order valence-electron chi connectivity index (χ3n) is 3.36. The van der Waals surface area contributed by atoms with Gasteiger partial charge in [0.2, 0.25) is 11.7 Å². The Labute approximate surface area is 139 Å². The highest BCUT2D eigenvalue weighted by atomic mass is 19.1. The molecule has 0 saturated heterocycles.